The van der Waals surface area contributed by atoms with Crippen LogP contribution in [0, 0.1) is 0 Å². The van der Waals surface area contributed by atoms with Crippen LogP contribution < -0.4 is 4.90 Å². The smallest absolute Gasteiger partial charge is 0.293 e. The summed E-state index contributed by atoms with van der Waals surface area (Å²) in [6.07, 6.45) is 3.74. The van der Waals surface area contributed by atoms with Crippen LogP contribution in [-0.4, -0.2) is 34.7 Å². The largest absolute Gasteiger partial charge is 0.378 e. The third-order valence-electron chi connectivity index (χ3n) is 4.76. The molecule has 3 aromatic rings. The van der Waals surface area contributed by atoms with Gasteiger partial charge in [0.2, 0.25) is 0 Å². The molecule has 0 saturated carbocycles. The molecule has 0 N–H and O–H groups in total. The highest BCUT2D eigenvalue weighted by Crippen LogP contribution is 2.33. The van der Waals surface area contributed by atoms with Crippen molar-refractivity contribution in [2.75, 3.05) is 19.0 Å². The van der Waals surface area contributed by atoms with Crippen molar-refractivity contribution in [3.05, 3.63) is 89.1 Å². The second-order valence-corrected chi connectivity index (χ2v) is 7.96. The Labute approximate surface area is 174 Å². The number of aromatic nitrogens is 1. The number of nitrogens with zero attached hydrogens (tertiary/aromatic N) is 3. The lowest BCUT2D eigenvalue weighted by Crippen LogP contribution is -2.27. The van der Waals surface area contributed by atoms with E-state index < -0.39 is 0 Å². The Morgan fingerprint density at radius 1 is 0.931 bits per heavy atom. The molecular weight excluding hydrogens is 382 g/mol. The van der Waals surface area contributed by atoms with Crippen LogP contribution in [0.5, 0.6) is 0 Å². The molecule has 6 heteroatoms. The predicted molar refractivity (Wildman–Crippen MR) is 118 cm³/mol. The number of amides is 2. The molecule has 0 radical (unpaired) electrons. The maximum absolute atomic E-state index is 12.8. The van der Waals surface area contributed by atoms with Crippen molar-refractivity contribution in [3.63, 3.8) is 0 Å². The predicted octanol–water partition coefficient (Wildman–Crippen LogP) is 4.78. The standard InChI is InChI=1S/C23H21N3O2S/c1-24(2)18-10-12-19(13-11-18)25-14-6-9-20(25)15-21-22(27)26(23(28)29-21)16-17-7-4-3-5-8-17/h3-15H,16H2,1-2H3/b21-15-. The number of hydrogen-bond donors (Lipinski definition) is 0. The Morgan fingerprint density at radius 3 is 2.34 bits per heavy atom. The summed E-state index contributed by atoms with van der Waals surface area (Å²) in [4.78, 5) is 29.0. The highest BCUT2D eigenvalue weighted by atomic mass is 32.2. The fourth-order valence-electron chi connectivity index (χ4n) is 3.19. The first-order valence-corrected chi connectivity index (χ1v) is 10.1. The minimum absolute atomic E-state index is 0.237. The summed E-state index contributed by atoms with van der Waals surface area (Å²) < 4.78 is 2.00. The number of benzene rings is 2. The first-order valence-electron chi connectivity index (χ1n) is 9.27. The van der Waals surface area contributed by atoms with Crippen molar-refractivity contribution in [1.82, 2.24) is 9.47 Å². The Kier molecular flexibility index (Phi) is 5.27. The van der Waals surface area contributed by atoms with Crippen molar-refractivity contribution < 1.29 is 9.59 Å². The fraction of sp³-hybridized carbons (Fsp3) is 0.130. The van der Waals surface area contributed by atoms with E-state index in [9.17, 15) is 9.59 Å². The molecule has 1 aliphatic rings. The molecule has 5 nitrogen and oxygen atoms in total. The number of carbonyl (C=O) groups excluding carboxylic acids is 2. The zero-order valence-corrected chi connectivity index (χ0v) is 17.1. The average molecular weight is 404 g/mol. The van der Waals surface area contributed by atoms with Crippen LogP contribution in [0.15, 0.2) is 77.8 Å². The molecule has 0 unspecified atom stereocenters. The lowest BCUT2D eigenvalue weighted by Gasteiger charge is -2.14. The molecule has 0 spiro atoms. The summed E-state index contributed by atoms with van der Waals surface area (Å²) in [5, 5.41) is -0.237. The van der Waals surface area contributed by atoms with Crippen LogP contribution >= 0.6 is 11.8 Å². The zero-order valence-electron chi connectivity index (χ0n) is 16.3. The monoisotopic (exact) mass is 403 g/mol. The van der Waals surface area contributed by atoms with E-state index >= 15 is 0 Å². The second kappa shape index (κ2) is 8.01. The summed E-state index contributed by atoms with van der Waals surface area (Å²) in [6, 6.07) is 21.6. The van der Waals surface area contributed by atoms with E-state index in [4.69, 9.17) is 0 Å². The van der Waals surface area contributed by atoms with Gasteiger partial charge in [0.1, 0.15) is 0 Å². The number of carbonyl (C=O) groups is 2. The highest BCUT2D eigenvalue weighted by Gasteiger charge is 2.35. The number of thioether (sulfide) groups is 1. The quantitative estimate of drug-likeness (QED) is 0.575. The summed E-state index contributed by atoms with van der Waals surface area (Å²) in [6.45, 7) is 0.288. The van der Waals surface area contributed by atoms with Crippen molar-refractivity contribution in [3.8, 4) is 5.69 Å². The van der Waals surface area contributed by atoms with Gasteiger partial charge in [-0.1, -0.05) is 30.3 Å². The highest BCUT2D eigenvalue weighted by molar-refractivity contribution is 8.18. The second-order valence-electron chi connectivity index (χ2n) is 6.97. The Balaban J connectivity index is 1.58. The van der Waals surface area contributed by atoms with Gasteiger partial charge in [-0.25, -0.2) is 0 Å². The van der Waals surface area contributed by atoms with Gasteiger partial charge in [0.25, 0.3) is 11.1 Å². The van der Waals surface area contributed by atoms with Gasteiger partial charge in [-0.05, 0) is 59.8 Å². The van der Waals surface area contributed by atoms with Crippen LogP contribution in [0.2, 0.25) is 0 Å². The topological polar surface area (TPSA) is 45.6 Å². The van der Waals surface area contributed by atoms with Crippen LogP contribution in [0.4, 0.5) is 10.5 Å². The number of rotatable bonds is 5. The molecule has 0 aliphatic carbocycles. The zero-order chi connectivity index (χ0) is 20.4. The van der Waals surface area contributed by atoms with Gasteiger partial charge in [0.15, 0.2) is 0 Å². The molecule has 29 heavy (non-hydrogen) atoms. The van der Waals surface area contributed by atoms with Gasteiger partial charge >= 0.3 is 0 Å². The Morgan fingerprint density at radius 2 is 1.66 bits per heavy atom. The van der Waals surface area contributed by atoms with Crippen molar-refractivity contribution >= 4 is 34.7 Å². The lowest BCUT2D eigenvalue weighted by molar-refractivity contribution is -0.123. The van der Waals surface area contributed by atoms with E-state index in [-0.39, 0.29) is 17.7 Å². The molecule has 2 aromatic carbocycles. The maximum atomic E-state index is 12.8. The van der Waals surface area contributed by atoms with Crippen LogP contribution in [-0.2, 0) is 11.3 Å². The molecule has 1 aliphatic heterocycles. The molecule has 4 rings (SSSR count). The minimum atomic E-state index is -0.250. The molecule has 2 amide bonds. The summed E-state index contributed by atoms with van der Waals surface area (Å²) >= 11 is 0.988. The van der Waals surface area contributed by atoms with Gasteiger partial charge in [0, 0.05) is 37.4 Å². The molecule has 1 aromatic heterocycles. The molecule has 146 valence electrons. The van der Waals surface area contributed by atoms with E-state index in [0.29, 0.717) is 4.91 Å². The fourth-order valence-corrected chi connectivity index (χ4v) is 4.02. The van der Waals surface area contributed by atoms with E-state index in [1.165, 1.54) is 4.90 Å². The molecule has 0 bridgehead atoms. The molecule has 0 atom stereocenters. The van der Waals surface area contributed by atoms with E-state index in [1.807, 2.05) is 96.5 Å². The van der Waals surface area contributed by atoms with Crippen molar-refractivity contribution in [2.45, 2.75) is 6.54 Å². The van der Waals surface area contributed by atoms with Gasteiger partial charge in [0.05, 0.1) is 11.4 Å². The Hall–Kier alpha value is -3.25. The Bertz CT molecular complexity index is 1070. The molecule has 2 heterocycles. The summed E-state index contributed by atoms with van der Waals surface area (Å²) in [5.41, 5.74) is 3.90. The van der Waals surface area contributed by atoms with Crippen molar-refractivity contribution in [1.29, 1.82) is 0 Å². The van der Waals surface area contributed by atoms with E-state index in [2.05, 4.69) is 0 Å². The van der Waals surface area contributed by atoms with Gasteiger partial charge in [-0.15, -0.1) is 0 Å². The number of anilines is 1. The lowest BCUT2D eigenvalue weighted by atomic mass is 10.2. The van der Waals surface area contributed by atoms with Gasteiger partial charge < -0.3 is 9.47 Å². The first kappa shape index (κ1) is 19.1. The van der Waals surface area contributed by atoms with E-state index in [0.717, 1.165) is 34.4 Å². The molecule has 1 fully saturated rings. The number of hydrogen-bond acceptors (Lipinski definition) is 4. The maximum Gasteiger partial charge on any atom is 0.293 e. The summed E-state index contributed by atoms with van der Waals surface area (Å²) in [5.74, 6) is -0.250. The average Bonchev–Trinajstić information content (AvgIpc) is 3.29. The van der Waals surface area contributed by atoms with Crippen molar-refractivity contribution in [2.24, 2.45) is 0 Å². The van der Waals surface area contributed by atoms with Crippen LogP contribution in [0.25, 0.3) is 11.8 Å². The normalized spacial score (nSPS) is 15.4. The molecule has 1 saturated heterocycles. The number of imide groups is 1. The van der Waals surface area contributed by atoms with Gasteiger partial charge in [-0.3, -0.25) is 14.5 Å². The summed E-state index contributed by atoms with van der Waals surface area (Å²) in [7, 11) is 4.00. The minimum Gasteiger partial charge on any atom is -0.378 e. The van der Waals surface area contributed by atoms with Crippen LogP contribution in [0.1, 0.15) is 11.3 Å². The first-order chi connectivity index (χ1) is 14.0. The van der Waals surface area contributed by atoms with Gasteiger partial charge in [-0.2, -0.15) is 0 Å². The molecular formula is C23H21N3O2S. The van der Waals surface area contributed by atoms with Crippen LogP contribution in [0.3, 0.4) is 0 Å². The SMILES string of the molecule is CN(C)c1ccc(-n2cccc2/C=C2\SC(=O)N(Cc3ccccc3)C2=O)cc1. The third-order valence-corrected chi connectivity index (χ3v) is 5.67. The van der Waals surface area contributed by atoms with E-state index in [1.54, 1.807) is 6.08 Å². The third kappa shape index (κ3) is 3.98.